The molecule has 1 N–H and O–H groups in total. The first-order valence-electron chi connectivity index (χ1n) is 9.33. The molecule has 0 amide bonds. The van der Waals surface area contributed by atoms with Gasteiger partial charge in [0.2, 0.25) is 0 Å². The SMILES string of the molecule is O[C@@H]1CCCOC12CCN(Cc1cccc(Cn3cccn3)c1)CC2. The lowest BCUT2D eigenvalue weighted by Gasteiger charge is -2.46. The Balaban J connectivity index is 1.35. The van der Waals surface area contributed by atoms with Crippen LogP contribution in [-0.4, -0.2) is 51.2 Å². The van der Waals surface area contributed by atoms with Crippen LogP contribution in [0.3, 0.4) is 0 Å². The highest BCUT2D eigenvalue weighted by atomic mass is 16.5. The molecule has 0 bridgehead atoms. The third-order valence-corrected chi connectivity index (χ3v) is 5.62. The van der Waals surface area contributed by atoms with Crippen LogP contribution in [0.5, 0.6) is 0 Å². The van der Waals surface area contributed by atoms with E-state index in [0.717, 1.165) is 58.5 Å². The molecule has 1 aromatic carbocycles. The standard InChI is InChI=1S/C20H27N3O2/c24-19-6-2-13-25-20(19)7-11-22(12-8-20)15-17-4-1-5-18(14-17)16-23-10-3-9-21-23/h1,3-5,9-10,14,19,24H,2,6-8,11-13,15-16H2/t19-/m1/s1. The zero-order chi connectivity index (χ0) is 17.1. The van der Waals surface area contributed by atoms with Crippen LogP contribution in [0.25, 0.3) is 0 Å². The summed E-state index contributed by atoms with van der Waals surface area (Å²) in [6.07, 6.45) is 7.25. The summed E-state index contributed by atoms with van der Waals surface area (Å²) >= 11 is 0. The quantitative estimate of drug-likeness (QED) is 0.928. The first-order valence-corrected chi connectivity index (χ1v) is 9.33. The van der Waals surface area contributed by atoms with E-state index < -0.39 is 0 Å². The van der Waals surface area contributed by atoms with Gasteiger partial charge in [0.1, 0.15) is 0 Å². The minimum Gasteiger partial charge on any atom is -0.390 e. The van der Waals surface area contributed by atoms with Crippen molar-refractivity contribution in [1.29, 1.82) is 0 Å². The van der Waals surface area contributed by atoms with E-state index in [1.54, 1.807) is 0 Å². The number of likely N-dealkylation sites (tertiary alicyclic amines) is 1. The molecule has 25 heavy (non-hydrogen) atoms. The Morgan fingerprint density at radius 3 is 2.68 bits per heavy atom. The summed E-state index contributed by atoms with van der Waals surface area (Å²) in [6, 6.07) is 10.7. The van der Waals surface area contributed by atoms with Crippen molar-refractivity contribution in [3.63, 3.8) is 0 Å². The molecule has 2 aliphatic rings. The monoisotopic (exact) mass is 341 g/mol. The molecule has 2 fully saturated rings. The molecule has 1 aromatic heterocycles. The summed E-state index contributed by atoms with van der Waals surface area (Å²) in [5, 5.41) is 14.6. The van der Waals surface area contributed by atoms with Crippen LogP contribution in [0.1, 0.15) is 36.8 Å². The average molecular weight is 341 g/mol. The van der Waals surface area contributed by atoms with Gasteiger partial charge in [-0.2, -0.15) is 5.10 Å². The predicted molar refractivity (Wildman–Crippen MR) is 96.2 cm³/mol. The average Bonchev–Trinajstić information content (AvgIpc) is 3.13. The van der Waals surface area contributed by atoms with Crippen LogP contribution in [0.15, 0.2) is 42.7 Å². The predicted octanol–water partition coefficient (Wildman–Crippen LogP) is 2.44. The topological polar surface area (TPSA) is 50.5 Å². The van der Waals surface area contributed by atoms with Crippen LogP contribution in [0, 0.1) is 0 Å². The van der Waals surface area contributed by atoms with Crippen molar-refractivity contribution < 1.29 is 9.84 Å². The smallest absolute Gasteiger partial charge is 0.0964 e. The summed E-state index contributed by atoms with van der Waals surface area (Å²) in [7, 11) is 0. The highest BCUT2D eigenvalue weighted by Crippen LogP contribution is 2.35. The van der Waals surface area contributed by atoms with E-state index in [4.69, 9.17) is 4.74 Å². The Hall–Kier alpha value is -1.69. The van der Waals surface area contributed by atoms with Gasteiger partial charge in [-0.15, -0.1) is 0 Å². The van der Waals surface area contributed by atoms with Crippen molar-refractivity contribution in [2.45, 2.75) is 50.5 Å². The number of ether oxygens (including phenoxy) is 1. The lowest BCUT2D eigenvalue weighted by Crippen LogP contribution is -2.55. The van der Waals surface area contributed by atoms with Crippen molar-refractivity contribution in [3.8, 4) is 0 Å². The van der Waals surface area contributed by atoms with E-state index in [0.29, 0.717) is 0 Å². The minimum atomic E-state index is -0.291. The van der Waals surface area contributed by atoms with Gasteiger partial charge in [-0.05, 0) is 42.9 Å². The molecule has 2 saturated heterocycles. The van der Waals surface area contributed by atoms with E-state index in [9.17, 15) is 5.11 Å². The molecule has 1 atom stereocenters. The molecule has 5 nitrogen and oxygen atoms in total. The number of nitrogens with zero attached hydrogens (tertiary/aromatic N) is 3. The number of rotatable bonds is 4. The van der Waals surface area contributed by atoms with Crippen LogP contribution in [0.2, 0.25) is 0 Å². The van der Waals surface area contributed by atoms with Gasteiger partial charge in [-0.3, -0.25) is 9.58 Å². The number of aliphatic hydroxyl groups excluding tert-OH is 1. The zero-order valence-corrected chi connectivity index (χ0v) is 14.7. The van der Waals surface area contributed by atoms with Crippen molar-refractivity contribution in [2.75, 3.05) is 19.7 Å². The van der Waals surface area contributed by atoms with Crippen LogP contribution in [0.4, 0.5) is 0 Å². The van der Waals surface area contributed by atoms with Gasteiger partial charge in [-0.25, -0.2) is 0 Å². The number of piperidine rings is 1. The third-order valence-electron chi connectivity index (χ3n) is 5.62. The van der Waals surface area contributed by atoms with Gasteiger partial charge in [0, 0.05) is 38.6 Å². The lowest BCUT2D eigenvalue weighted by molar-refractivity contribution is -0.177. The summed E-state index contributed by atoms with van der Waals surface area (Å²) in [5.74, 6) is 0. The van der Waals surface area contributed by atoms with E-state index >= 15 is 0 Å². The second kappa shape index (κ2) is 7.28. The third kappa shape index (κ3) is 3.78. The van der Waals surface area contributed by atoms with Crippen molar-refractivity contribution in [1.82, 2.24) is 14.7 Å². The second-order valence-corrected chi connectivity index (χ2v) is 7.37. The van der Waals surface area contributed by atoms with Gasteiger partial charge in [-0.1, -0.05) is 24.3 Å². The molecule has 4 rings (SSSR count). The Kier molecular flexibility index (Phi) is 4.88. The van der Waals surface area contributed by atoms with E-state index in [-0.39, 0.29) is 11.7 Å². The minimum absolute atomic E-state index is 0.281. The van der Waals surface area contributed by atoms with Gasteiger partial charge < -0.3 is 9.84 Å². The molecule has 5 heteroatoms. The molecular formula is C20H27N3O2. The molecule has 0 saturated carbocycles. The molecular weight excluding hydrogens is 314 g/mol. The van der Waals surface area contributed by atoms with Crippen molar-refractivity contribution >= 4 is 0 Å². The Morgan fingerprint density at radius 1 is 1.16 bits per heavy atom. The maximum absolute atomic E-state index is 10.4. The zero-order valence-electron chi connectivity index (χ0n) is 14.7. The molecule has 134 valence electrons. The summed E-state index contributed by atoms with van der Waals surface area (Å²) in [5.41, 5.74) is 2.34. The van der Waals surface area contributed by atoms with Crippen LogP contribution in [-0.2, 0) is 17.8 Å². The van der Waals surface area contributed by atoms with Gasteiger partial charge >= 0.3 is 0 Å². The Morgan fingerprint density at radius 2 is 1.96 bits per heavy atom. The fourth-order valence-electron chi connectivity index (χ4n) is 4.14. The maximum atomic E-state index is 10.4. The number of hydrogen-bond acceptors (Lipinski definition) is 4. The Labute approximate surface area is 149 Å². The summed E-state index contributed by atoms with van der Waals surface area (Å²) < 4.78 is 7.96. The summed E-state index contributed by atoms with van der Waals surface area (Å²) in [6.45, 7) is 4.54. The summed E-state index contributed by atoms with van der Waals surface area (Å²) in [4.78, 5) is 2.48. The Bertz CT molecular complexity index is 678. The molecule has 0 aliphatic carbocycles. The maximum Gasteiger partial charge on any atom is 0.0964 e. The second-order valence-electron chi connectivity index (χ2n) is 7.37. The van der Waals surface area contributed by atoms with Gasteiger partial charge in [0.05, 0.1) is 18.2 Å². The molecule has 2 aliphatic heterocycles. The lowest BCUT2D eigenvalue weighted by atomic mass is 9.82. The normalized spacial score (nSPS) is 23.8. The largest absolute Gasteiger partial charge is 0.390 e. The van der Waals surface area contributed by atoms with E-state index in [1.165, 1.54) is 11.1 Å². The van der Waals surface area contributed by atoms with Gasteiger partial charge in [0.15, 0.2) is 0 Å². The van der Waals surface area contributed by atoms with Gasteiger partial charge in [0.25, 0.3) is 0 Å². The number of aliphatic hydroxyl groups is 1. The fourth-order valence-corrected chi connectivity index (χ4v) is 4.14. The first kappa shape index (κ1) is 16.8. The van der Waals surface area contributed by atoms with E-state index in [1.807, 2.05) is 23.1 Å². The molecule has 2 aromatic rings. The molecule has 1 spiro atoms. The number of benzene rings is 1. The van der Waals surface area contributed by atoms with Crippen molar-refractivity contribution in [2.24, 2.45) is 0 Å². The molecule has 3 heterocycles. The van der Waals surface area contributed by atoms with Crippen LogP contribution < -0.4 is 0 Å². The number of hydrogen-bond donors (Lipinski definition) is 1. The highest BCUT2D eigenvalue weighted by Gasteiger charge is 2.43. The first-order chi connectivity index (χ1) is 12.2. The van der Waals surface area contributed by atoms with Crippen molar-refractivity contribution in [3.05, 3.63) is 53.9 Å². The van der Waals surface area contributed by atoms with Crippen LogP contribution >= 0.6 is 0 Å². The molecule has 0 radical (unpaired) electrons. The number of aromatic nitrogens is 2. The molecule has 0 unspecified atom stereocenters. The van der Waals surface area contributed by atoms with E-state index in [2.05, 4.69) is 34.3 Å². The fraction of sp³-hybridized carbons (Fsp3) is 0.550. The highest BCUT2D eigenvalue weighted by molar-refractivity contribution is 5.23.